The fourth-order valence-corrected chi connectivity index (χ4v) is 3.12. The van der Waals surface area contributed by atoms with Crippen molar-refractivity contribution in [3.05, 3.63) is 53.6 Å². The Kier molecular flexibility index (Phi) is 7.21. The van der Waals surface area contributed by atoms with Crippen LogP contribution < -0.4 is 20.1 Å². The number of halogens is 1. The predicted molar refractivity (Wildman–Crippen MR) is 118 cm³/mol. The van der Waals surface area contributed by atoms with Gasteiger partial charge in [0.25, 0.3) is 5.91 Å². The smallest absolute Gasteiger partial charge is 0.252 e. The molecule has 174 valence electrons. The predicted octanol–water partition coefficient (Wildman–Crippen LogP) is 2.52. The largest absolute Gasteiger partial charge is 0.497 e. The lowest BCUT2D eigenvalue weighted by Crippen LogP contribution is -2.47. The van der Waals surface area contributed by atoms with Gasteiger partial charge in [0, 0.05) is 11.6 Å². The van der Waals surface area contributed by atoms with Crippen LogP contribution in [0.25, 0.3) is 5.69 Å². The van der Waals surface area contributed by atoms with E-state index in [0.29, 0.717) is 23.0 Å². The van der Waals surface area contributed by atoms with Crippen molar-refractivity contribution in [2.45, 2.75) is 26.8 Å². The van der Waals surface area contributed by atoms with Crippen LogP contribution in [0.4, 0.5) is 10.1 Å². The van der Waals surface area contributed by atoms with Gasteiger partial charge in [-0.25, -0.2) is 4.39 Å². The molecule has 2 N–H and O–H groups in total. The number of methoxy groups -OCH3 is 2. The third-order valence-corrected chi connectivity index (χ3v) is 4.93. The average Bonchev–Trinajstić information content (AvgIpc) is 3.23. The number of anilines is 1. The maximum atomic E-state index is 14.4. The quantitative estimate of drug-likeness (QED) is 0.534. The molecule has 33 heavy (non-hydrogen) atoms. The van der Waals surface area contributed by atoms with Crippen LogP contribution in [0, 0.1) is 18.7 Å². The summed E-state index contributed by atoms with van der Waals surface area (Å²) in [5, 5.41) is 16.5. The van der Waals surface area contributed by atoms with Crippen molar-refractivity contribution in [3.63, 3.8) is 0 Å². The van der Waals surface area contributed by atoms with E-state index in [0.717, 1.165) is 0 Å². The van der Waals surface area contributed by atoms with E-state index >= 15 is 0 Å². The molecule has 2 aromatic carbocycles. The second-order valence-corrected chi connectivity index (χ2v) is 7.59. The van der Waals surface area contributed by atoms with E-state index in [9.17, 15) is 14.0 Å². The van der Waals surface area contributed by atoms with Gasteiger partial charge in [-0.05, 0) is 53.6 Å². The summed E-state index contributed by atoms with van der Waals surface area (Å²) in [7, 11) is 2.95. The molecule has 1 aromatic heterocycles. The standard InChI is InChI=1S/C22H25FN6O4/c1-12(2)20(25-21(30)14-8-16(32-4)11-17(9-14)33-5)22(31)24-19-10-15(6-7-18(19)23)29-13(3)26-27-28-29/h6-12,20H,1-5H3,(H,24,31)(H,25,30). The van der Waals surface area contributed by atoms with Crippen molar-refractivity contribution in [1.29, 1.82) is 0 Å². The molecule has 3 rings (SSSR count). The highest BCUT2D eigenvalue weighted by molar-refractivity contribution is 6.01. The molecule has 0 bridgehead atoms. The number of nitrogens with zero attached hydrogens (tertiary/aromatic N) is 4. The Bertz CT molecular complexity index is 1140. The maximum absolute atomic E-state index is 14.4. The Hall–Kier alpha value is -4.02. The molecule has 2 amide bonds. The molecule has 0 aliphatic carbocycles. The third-order valence-electron chi connectivity index (χ3n) is 4.93. The SMILES string of the molecule is COc1cc(OC)cc(C(=O)NC(C(=O)Nc2cc(-n3nnnc3C)ccc2F)C(C)C)c1. The molecule has 0 spiro atoms. The monoisotopic (exact) mass is 456 g/mol. The zero-order chi connectivity index (χ0) is 24.1. The number of ether oxygens (including phenoxy) is 2. The van der Waals surface area contributed by atoms with Gasteiger partial charge in [-0.1, -0.05) is 13.8 Å². The van der Waals surface area contributed by atoms with Crippen LogP contribution >= 0.6 is 0 Å². The Labute approximate surface area is 190 Å². The number of carbonyl (C=O) groups is 2. The fourth-order valence-electron chi connectivity index (χ4n) is 3.12. The first-order valence-corrected chi connectivity index (χ1v) is 10.1. The van der Waals surface area contributed by atoms with E-state index in [4.69, 9.17) is 9.47 Å². The highest BCUT2D eigenvalue weighted by Crippen LogP contribution is 2.23. The van der Waals surface area contributed by atoms with E-state index in [-0.39, 0.29) is 17.2 Å². The van der Waals surface area contributed by atoms with E-state index in [1.54, 1.807) is 26.8 Å². The first kappa shape index (κ1) is 23.6. The van der Waals surface area contributed by atoms with Gasteiger partial charge in [0.05, 0.1) is 25.6 Å². The van der Waals surface area contributed by atoms with Crippen molar-refractivity contribution in [2.24, 2.45) is 5.92 Å². The Morgan fingerprint density at radius 3 is 2.27 bits per heavy atom. The number of amides is 2. The number of aromatic nitrogens is 4. The molecule has 10 nitrogen and oxygen atoms in total. The molecule has 0 aliphatic heterocycles. The van der Waals surface area contributed by atoms with Crippen molar-refractivity contribution in [1.82, 2.24) is 25.5 Å². The Morgan fingerprint density at radius 1 is 1.06 bits per heavy atom. The fraction of sp³-hybridized carbons (Fsp3) is 0.318. The molecular weight excluding hydrogens is 431 g/mol. The summed E-state index contributed by atoms with van der Waals surface area (Å²) in [4.78, 5) is 25.9. The topological polar surface area (TPSA) is 120 Å². The first-order chi connectivity index (χ1) is 15.7. The van der Waals surface area contributed by atoms with Crippen LogP contribution in [0.3, 0.4) is 0 Å². The van der Waals surface area contributed by atoms with Crippen LogP contribution in [-0.4, -0.2) is 52.3 Å². The molecule has 1 heterocycles. The molecule has 0 aliphatic rings. The van der Waals surface area contributed by atoms with Crippen LogP contribution in [0.15, 0.2) is 36.4 Å². The van der Waals surface area contributed by atoms with Crippen molar-refractivity contribution in [2.75, 3.05) is 19.5 Å². The summed E-state index contributed by atoms with van der Waals surface area (Å²) >= 11 is 0. The van der Waals surface area contributed by atoms with Gasteiger partial charge < -0.3 is 20.1 Å². The van der Waals surface area contributed by atoms with Crippen LogP contribution in [-0.2, 0) is 4.79 Å². The molecule has 3 aromatic rings. The Morgan fingerprint density at radius 2 is 1.73 bits per heavy atom. The lowest BCUT2D eigenvalue weighted by Gasteiger charge is -2.22. The second-order valence-electron chi connectivity index (χ2n) is 7.59. The zero-order valence-electron chi connectivity index (χ0n) is 18.9. The molecule has 0 fully saturated rings. The van der Waals surface area contributed by atoms with Crippen molar-refractivity contribution < 1.29 is 23.5 Å². The van der Waals surface area contributed by atoms with Crippen molar-refractivity contribution >= 4 is 17.5 Å². The summed E-state index contributed by atoms with van der Waals surface area (Å²) in [5.41, 5.74) is 0.671. The van der Waals surface area contributed by atoms with Crippen molar-refractivity contribution in [3.8, 4) is 17.2 Å². The van der Waals surface area contributed by atoms with Gasteiger partial charge in [-0.15, -0.1) is 5.10 Å². The number of hydrogen-bond acceptors (Lipinski definition) is 7. The molecular formula is C22H25FN6O4. The minimum Gasteiger partial charge on any atom is -0.497 e. The second kappa shape index (κ2) is 10.1. The number of tetrazole rings is 1. The van der Waals surface area contributed by atoms with Gasteiger partial charge in [0.2, 0.25) is 5.91 Å². The minimum absolute atomic E-state index is 0.0599. The van der Waals surface area contributed by atoms with Gasteiger partial charge in [0.1, 0.15) is 23.4 Å². The molecule has 1 atom stereocenters. The lowest BCUT2D eigenvalue weighted by atomic mass is 10.0. The average molecular weight is 456 g/mol. The summed E-state index contributed by atoms with van der Waals surface area (Å²) in [6, 6.07) is 7.88. The summed E-state index contributed by atoms with van der Waals surface area (Å²) in [6.45, 7) is 5.24. The van der Waals surface area contributed by atoms with E-state index in [1.807, 2.05) is 0 Å². The Balaban J connectivity index is 1.81. The number of hydrogen-bond donors (Lipinski definition) is 2. The van der Waals surface area contributed by atoms with Crippen LogP contribution in [0.1, 0.15) is 30.0 Å². The summed E-state index contributed by atoms with van der Waals surface area (Å²) in [6.07, 6.45) is 0. The first-order valence-electron chi connectivity index (χ1n) is 10.1. The number of carbonyl (C=O) groups excluding carboxylic acids is 2. The minimum atomic E-state index is -0.937. The molecule has 0 radical (unpaired) electrons. The van der Waals surface area contributed by atoms with Gasteiger partial charge in [-0.2, -0.15) is 4.68 Å². The maximum Gasteiger partial charge on any atom is 0.252 e. The van der Waals surface area contributed by atoms with Crippen LogP contribution in [0.2, 0.25) is 0 Å². The third kappa shape index (κ3) is 5.43. The highest BCUT2D eigenvalue weighted by Gasteiger charge is 2.26. The molecule has 0 saturated carbocycles. The number of rotatable bonds is 8. The van der Waals surface area contributed by atoms with E-state index in [1.165, 1.54) is 49.2 Å². The zero-order valence-corrected chi connectivity index (χ0v) is 18.9. The normalized spacial score (nSPS) is 11.7. The van der Waals surface area contributed by atoms with Crippen LogP contribution in [0.5, 0.6) is 11.5 Å². The van der Waals surface area contributed by atoms with E-state index in [2.05, 4.69) is 26.2 Å². The van der Waals surface area contributed by atoms with Gasteiger partial charge in [0.15, 0.2) is 5.82 Å². The summed E-state index contributed by atoms with van der Waals surface area (Å²) in [5.74, 6) is -0.625. The lowest BCUT2D eigenvalue weighted by molar-refractivity contribution is -0.118. The number of aryl methyl sites for hydroxylation is 1. The number of nitrogens with one attached hydrogen (secondary N) is 2. The molecule has 0 saturated heterocycles. The molecule has 11 heteroatoms. The summed E-state index contributed by atoms with van der Waals surface area (Å²) < 4.78 is 26.2. The van der Waals surface area contributed by atoms with Gasteiger partial charge >= 0.3 is 0 Å². The van der Waals surface area contributed by atoms with Gasteiger partial charge in [-0.3, -0.25) is 9.59 Å². The molecule has 1 unspecified atom stereocenters. The van der Waals surface area contributed by atoms with E-state index < -0.39 is 23.7 Å². The number of benzene rings is 2. The highest BCUT2D eigenvalue weighted by atomic mass is 19.1.